The van der Waals surface area contributed by atoms with E-state index in [1.54, 1.807) is 0 Å². The lowest BCUT2D eigenvalue weighted by Crippen LogP contribution is -2.29. The van der Waals surface area contributed by atoms with Gasteiger partial charge in [-0.1, -0.05) is 33.3 Å². The molecule has 2 atom stereocenters. The second kappa shape index (κ2) is 7.53. The van der Waals surface area contributed by atoms with Crippen LogP contribution in [0.15, 0.2) is 12.1 Å². The number of nitrogens with one attached hydrogen (secondary N) is 1. The van der Waals surface area contributed by atoms with Crippen molar-refractivity contribution in [2.24, 2.45) is 5.92 Å². The van der Waals surface area contributed by atoms with Gasteiger partial charge in [-0.25, -0.2) is 13.2 Å². The topological polar surface area (TPSA) is 12.0 Å². The van der Waals surface area contributed by atoms with Gasteiger partial charge in [-0.05, 0) is 31.4 Å². The number of hydrogen-bond donors (Lipinski definition) is 1. The monoisotopic (exact) mass is 273 g/mol. The molecule has 0 radical (unpaired) electrons. The van der Waals surface area contributed by atoms with Gasteiger partial charge in [0.15, 0.2) is 17.5 Å². The molecule has 0 aliphatic rings. The van der Waals surface area contributed by atoms with Crippen LogP contribution in [-0.4, -0.2) is 6.54 Å². The summed E-state index contributed by atoms with van der Waals surface area (Å²) in [5.41, 5.74) is 0.216. The Morgan fingerprint density at radius 2 is 1.74 bits per heavy atom. The highest BCUT2D eigenvalue weighted by molar-refractivity contribution is 5.24. The van der Waals surface area contributed by atoms with E-state index in [0.717, 1.165) is 31.9 Å². The molecule has 19 heavy (non-hydrogen) atoms. The highest BCUT2D eigenvalue weighted by Gasteiger charge is 2.24. The molecule has 0 saturated carbocycles. The van der Waals surface area contributed by atoms with Gasteiger partial charge in [-0.2, -0.15) is 0 Å². The van der Waals surface area contributed by atoms with Crippen LogP contribution in [0.2, 0.25) is 0 Å². The number of halogens is 3. The van der Waals surface area contributed by atoms with Crippen molar-refractivity contribution in [3.63, 3.8) is 0 Å². The van der Waals surface area contributed by atoms with Crippen molar-refractivity contribution in [3.05, 3.63) is 35.1 Å². The van der Waals surface area contributed by atoms with Crippen LogP contribution in [0.1, 0.15) is 51.6 Å². The molecular formula is C15H22F3N. The first-order valence-corrected chi connectivity index (χ1v) is 6.89. The van der Waals surface area contributed by atoms with E-state index < -0.39 is 17.5 Å². The van der Waals surface area contributed by atoms with Crippen LogP contribution in [0.25, 0.3) is 0 Å². The molecule has 0 saturated heterocycles. The van der Waals surface area contributed by atoms with Crippen LogP contribution in [0.5, 0.6) is 0 Å². The fourth-order valence-electron chi connectivity index (χ4n) is 2.32. The zero-order chi connectivity index (χ0) is 14.4. The summed E-state index contributed by atoms with van der Waals surface area (Å²) in [7, 11) is 0. The molecule has 1 nitrogen and oxygen atoms in total. The quantitative estimate of drug-likeness (QED) is 0.717. The maximum atomic E-state index is 13.9. The third kappa shape index (κ3) is 3.96. The minimum Gasteiger partial charge on any atom is -0.310 e. The first-order chi connectivity index (χ1) is 9.02. The molecule has 1 aromatic carbocycles. The zero-order valence-electron chi connectivity index (χ0n) is 11.8. The van der Waals surface area contributed by atoms with Crippen LogP contribution in [-0.2, 0) is 0 Å². The summed E-state index contributed by atoms with van der Waals surface area (Å²) in [5, 5.41) is 3.23. The van der Waals surface area contributed by atoms with Gasteiger partial charge in [0, 0.05) is 11.6 Å². The molecule has 1 aromatic rings. The van der Waals surface area contributed by atoms with E-state index in [1.807, 2.05) is 13.8 Å². The second-order valence-corrected chi connectivity index (χ2v) is 4.96. The summed E-state index contributed by atoms with van der Waals surface area (Å²) in [4.78, 5) is 0. The Kier molecular flexibility index (Phi) is 6.35. The summed E-state index contributed by atoms with van der Waals surface area (Å²) in [6, 6.07) is 2.05. The van der Waals surface area contributed by atoms with Crippen molar-refractivity contribution < 1.29 is 13.2 Å². The van der Waals surface area contributed by atoms with E-state index in [1.165, 1.54) is 6.07 Å². The molecule has 1 rings (SSSR count). The molecule has 108 valence electrons. The van der Waals surface area contributed by atoms with Crippen LogP contribution >= 0.6 is 0 Å². The van der Waals surface area contributed by atoms with Crippen molar-refractivity contribution in [2.45, 2.75) is 46.1 Å². The van der Waals surface area contributed by atoms with Crippen LogP contribution in [0, 0.1) is 23.4 Å². The molecule has 2 unspecified atom stereocenters. The Labute approximate surface area is 113 Å². The molecule has 0 aliphatic heterocycles. The fourth-order valence-corrected chi connectivity index (χ4v) is 2.32. The van der Waals surface area contributed by atoms with Crippen LogP contribution in [0.4, 0.5) is 13.2 Å². The molecule has 4 heteroatoms. The average Bonchev–Trinajstić information content (AvgIpc) is 2.39. The standard InChI is InChI=1S/C15H22F3N/c1-4-6-10(3)15(19-9-5-2)11-7-8-12(16)14(18)13(11)17/h7-8,10,15,19H,4-6,9H2,1-3H3. The molecule has 0 heterocycles. The SMILES string of the molecule is CCCNC(c1ccc(F)c(F)c1F)C(C)CCC. The Morgan fingerprint density at radius 1 is 1.05 bits per heavy atom. The molecule has 0 aliphatic carbocycles. The van der Waals surface area contributed by atoms with E-state index in [0.29, 0.717) is 0 Å². The summed E-state index contributed by atoms with van der Waals surface area (Å²) in [5.74, 6) is -3.43. The number of hydrogen-bond acceptors (Lipinski definition) is 1. The van der Waals surface area contributed by atoms with Gasteiger partial charge in [-0.3, -0.25) is 0 Å². The van der Waals surface area contributed by atoms with Gasteiger partial charge in [0.2, 0.25) is 0 Å². The number of benzene rings is 1. The zero-order valence-corrected chi connectivity index (χ0v) is 11.8. The second-order valence-electron chi connectivity index (χ2n) is 4.96. The maximum Gasteiger partial charge on any atom is 0.194 e. The third-order valence-corrected chi connectivity index (χ3v) is 3.33. The fraction of sp³-hybridized carbons (Fsp3) is 0.600. The van der Waals surface area contributed by atoms with E-state index in [2.05, 4.69) is 12.2 Å². The van der Waals surface area contributed by atoms with Gasteiger partial charge < -0.3 is 5.32 Å². The van der Waals surface area contributed by atoms with Gasteiger partial charge >= 0.3 is 0 Å². The molecule has 0 fully saturated rings. The first kappa shape index (κ1) is 16.0. The third-order valence-electron chi connectivity index (χ3n) is 3.33. The Balaban J connectivity index is 3.06. The van der Waals surface area contributed by atoms with Crippen molar-refractivity contribution in [1.29, 1.82) is 0 Å². The van der Waals surface area contributed by atoms with Gasteiger partial charge in [-0.15, -0.1) is 0 Å². The van der Waals surface area contributed by atoms with E-state index >= 15 is 0 Å². The lowest BCUT2D eigenvalue weighted by atomic mass is 9.90. The molecule has 1 N–H and O–H groups in total. The van der Waals surface area contributed by atoms with Crippen molar-refractivity contribution in [3.8, 4) is 0 Å². The summed E-state index contributed by atoms with van der Waals surface area (Å²) >= 11 is 0. The minimum atomic E-state index is -1.38. The Hall–Kier alpha value is -1.03. The maximum absolute atomic E-state index is 13.9. The predicted octanol–water partition coefficient (Wildman–Crippen LogP) is 4.58. The minimum absolute atomic E-state index is 0.163. The van der Waals surface area contributed by atoms with Crippen LogP contribution < -0.4 is 5.32 Å². The molecule has 0 aromatic heterocycles. The van der Waals surface area contributed by atoms with Crippen molar-refractivity contribution in [2.75, 3.05) is 6.54 Å². The predicted molar refractivity (Wildman–Crippen MR) is 71.4 cm³/mol. The summed E-state index contributed by atoms with van der Waals surface area (Å²) in [6.07, 6.45) is 2.78. The number of rotatable bonds is 7. The van der Waals surface area contributed by atoms with E-state index in [9.17, 15) is 13.2 Å². The lowest BCUT2D eigenvalue weighted by Gasteiger charge is -2.26. The van der Waals surface area contributed by atoms with E-state index in [-0.39, 0.29) is 17.5 Å². The highest BCUT2D eigenvalue weighted by Crippen LogP contribution is 2.29. The van der Waals surface area contributed by atoms with Gasteiger partial charge in [0.1, 0.15) is 0 Å². The Morgan fingerprint density at radius 3 is 2.32 bits per heavy atom. The Bertz CT molecular complexity index is 407. The van der Waals surface area contributed by atoms with Gasteiger partial charge in [0.25, 0.3) is 0 Å². The van der Waals surface area contributed by atoms with E-state index in [4.69, 9.17) is 0 Å². The largest absolute Gasteiger partial charge is 0.310 e. The average molecular weight is 273 g/mol. The first-order valence-electron chi connectivity index (χ1n) is 6.89. The van der Waals surface area contributed by atoms with Crippen molar-refractivity contribution >= 4 is 0 Å². The van der Waals surface area contributed by atoms with Gasteiger partial charge in [0.05, 0.1) is 0 Å². The van der Waals surface area contributed by atoms with Crippen LogP contribution in [0.3, 0.4) is 0 Å². The smallest absolute Gasteiger partial charge is 0.194 e. The molecular weight excluding hydrogens is 251 g/mol. The van der Waals surface area contributed by atoms with Crippen molar-refractivity contribution in [1.82, 2.24) is 5.32 Å². The molecule has 0 bridgehead atoms. The normalized spacial score (nSPS) is 14.4. The molecule has 0 amide bonds. The summed E-state index contributed by atoms with van der Waals surface area (Å²) < 4.78 is 40.2. The summed E-state index contributed by atoms with van der Waals surface area (Å²) in [6.45, 7) is 6.78. The lowest BCUT2D eigenvalue weighted by molar-refractivity contribution is 0.344. The molecule has 0 spiro atoms. The highest BCUT2D eigenvalue weighted by atomic mass is 19.2.